The first-order valence-corrected chi connectivity index (χ1v) is 8.90. The number of hydrogen-bond donors (Lipinski definition) is 1. The second-order valence-electron chi connectivity index (χ2n) is 7.07. The average Bonchev–Trinajstić information content (AvgIpc) is 3.26. The average molecular weight is 357 g/mol. The standard InChI is InChI=1S/C20H23NO5/c1-3-13-7-8-14(26-13)9-21-10-16-15-5-4-6-17(24-2)18(15)25-12-20(16,11-21)19(22)23/h4-8,16H,3,9-12H2,1-2H3,(H,22,23)/t16-,20-/m1/s1. The molecule has 1 saturated heterocycles. The molecule has 2 aliphatic rings. The summed E-state index contributed by atoms with van der Waals surface area (Å²) in [6.45, 7) is 3.89. The van der Waals surface area contributed by atoms with Crippen molar-refractivity contribution >= 4 is 5.97 Å². The van der Waals surface area contributed by atoms with Crippen LogP contribution in [0.1, 0.15) is 29.9 Å². The first kappa shape index (κ1) is 17.0. The summed E-state index contributed by atoms with van der Waals surface area (Å²) < 4.78 is 17.1. The Hall–Kier alpha value is -2.47. The number of benzene rings is 1. The Bertz CT molecular complexity index is 829. The first-order valence-electron chi connectivity index (χ1n) is 8.90. The van der Waals surface area contributed by atoms with E-state index in [0.29, 0.717) is 31.1 Å². The van der Waals surface area contributed by atoms with Crippen LogP contribution in [0.3, 0.4) is 0 Å². The number of ether oxygens (including phenoxy) is 2. The Kier molecular flexibility index (Phi) is 4.15. The number of carboxylic acids is 1. The van der Waals surface area contributed by atoms with E-state index in [4.69, 9.17) is 13.9 Å². The number of likely N-dealkylation sites (tertiary alicyclic amines) is 1. The second kappa shape index (κ2) is 6.36. The van der Waals surface area contributed by atoms with E-state index in [1.54, 1.807) is 7.11 Å². The zero-order valence-electron chi connectivity index (χ0n) is 15.0. The summed E-state index contributed by atoms with van der Waals surface area (Å²) in [4.78, 5) is 14.4. The van der Waals surface area contributed by atoms with E-state index >= 15 is 0 Å². The molecule has 6 nitrogen and oxygen atoms in total. The maximum atomic E-state index is 12.2. The van der Waals surface area contributed by atoms with Crippen LogP contribution in [0.2, 0.25) is 0 Å². The molecule has 2 aliphatic heterocycles. The molecule has 0 saturated carbocycles. The van der Waals surface area contributed by atoms with Crippen LogP contribution in [-0.4, -0.2) is 42.8 Å². The molecule has 138 valence electrons. The molecule has 0 radical (unpaired) electrons. The number of nitrogens with zero attached hydrogens (tertiary/aromatic N) is 1. The number of methoxy groups -OCH3 is 1. The number of carboxylic acid groups (broad SMARTS) is 1. The van der Waals surface area contributed by atoms with Gasteiger partial charge in [0.15, 0.2) is 11.5 Å². The van der Waals surface area contributed by atoms with Gasteiger partial charge in [0, 0.05) is 31.0 Å². The van der Waals surface area contributed by atoms with Crippen molar-refractivity contribution in [2.24, 2.45) is 5.41 Å². The number of rotatable bonds is 5. The van der Waals surface area contributed by atoms with Crippen LogP contribution in [0.5, 0.6) is 11.5 Å². The minimum atomic E-state index is -0.945. The molecule has 1 aromatic heterocycles. The number of carbonyl (C=O) groups is 1. The maximum Gasteiger partial charge on any atom is 0.315 e. The summed E-state index contributed by atoms with van der Waals surface area (Å²) in [5.74, 6) is 2.19. The largest absolute Gasteiger partial charge is 0.493 e. The molecule has 6 heteroatoms. The fraction of sp³-hybridized carbons (Fsp3) is 0.450. The van der Waals surface area contributed by atoms with Gasteiger partial charge in [0.1, 0.15) is 23.5 Å². The Balaban J connectivity index is 1.65. The van der Waals surface area contributed by atoms with Crippen molar-refractivity contribution in [2.45, 2.75) is 25.8 Å². The molecule has 1 aromatic carbocycles. The lowest BCUT2D eigenvalue weighted by Crippen LogP contribution is -2.45. The van der Waals surface area contributed by atoms with Gasteiger partial charge in [-0.3, -0.25) is 9.69 Å². The van der Waals surface area contributed by atoms with Gasteiger partial charge in [0.25, 0.3) is 0 Å². The van der Waals surface area contributed by atoms with E-state index in [0.717, 1.165) is 23.5 Å². The highest BCUT2D eigenvalue weighted by molar-refractivity contribution is 5.78. The lowest BCUT2D eigenvalue weighted by Gasteiger charge is -2.36. The van der Waals surface area contributed by atoms with Crippen LogP contribution in [0, 0.1) is 5.41 Å². The van der Waals surface area contributed by atoms with Crippen molar-refractivity contribution in [1.82, 2.24) is 4.90 Å². The third-order valence-electron chi connectivity index (χ3n) is 5.56. The zero-order valence-corrected chi connectivity index (χ0v) is 15.0. The Morgan fingerprint density at radius 2 is 2.15 bits per heavy atom. The van der Waals surface area contributed by atoms with Gasteiger partial charge in [0.05, 0.1) is 13.7 Å². The third-order valence-corrected chi connectivity index (χ3v) is 5.56. The number of aryl methyl sites for hydroxylation is 1. The van der Waals surface area contributed by atoms with Crippen LogP contribution in [0.15, 0.2) is 34.7 Å². The topological polar surface area (TPSA) is 72.1 Å². The number of furan rings is 1. The molecule has 3 heterocycles. The highest BCUT2D eigenvalue weighted by Crippen LogP contribution is 2.52. The third kappa shape index (κ3) is 2.56. The Morgan fingerprint density at radius 1 is 1.35 bits per heavy atom. The second-order valence-corrected chi connectivity index (χ2v) is 7.07. The van der Waals surface area contributed by atoms with Crippen molar-refractivity contribution in [2.75, 3.05) is 26.8 Å². The van der Waals surface area contributed by atoms with Gasteiger partial charge >= 0.3 is 5.97 Å². The van der Waals surface area contributed by atoms with E-state index in [1.165, 1.54) is 0 Å². The minimum Gasteiger partial charge on any atom is -0.493 e. The summed E-state index contributed by atoms with van der Waals surface area (Å²) in [5.41, 5.74) is -0.0336. The smallest absolute Gasteiger partial charge is 0.315 e. The van der Waals surface area contributed by atoms with Crippen molar-refractivity contribution in [3.8, 4) is 11.5 Å². The lowest BCUT2D eigenvalue weighted by atomic mass is 9.73. The van der Waals surface area contributed by atoms with Gasteiger partial charge in [-0.2, -0.15) is 0 Å². The SMILES string of the molecule is CCc1ccc(CN2C[C@@H]3c4cccc(OC)c4OC[C@]3(C(=O)O)C2)o1. The van der Waals surface area contributed by atoms with Crippen LogP contribution in [-0.2, 0) is 17.8 Å². The first-order chi connectivity index (χ1) is 12.6. The molecule has 0 spiro atoms. The maximum absolute atomic E-state index is 12.2. The lowest BCUT2D eigenvalue weighted by molar-refractivity contribution is -0.152. The van der Waals surface area contributed by atoms with Crippen LogP contribution in [0.25, 0.3) is 0 Å². The van der Waals surface area contributed by atoms with Gasteiger partial charge in [0.2, 0.25) is 0 Å². The Morgan fingerprint density at radius 3 is 2.85 bits per heavy atom. The molecule has 2 aromatic rings. The molecule has 1 N–H and O–H groups in total. The van der Waals surface area contributed by atoms with Crippen molar-refractivity contribution in [1.29, 1.82) is 0 Å². The van der Waals surface area contributed by atoms with Gasteiger partial charge in [-0.15, -0.1) is 0 Å². The summed E-state index contributed by atoms with van der Waals surface area (Å²) in [5, 5.41) is 10.0. The van der Waals surface area contributed by atoms with Crippen molar-refractivity contribution in [3.63, 3.8) is 0 Å². The molecule has 0 unspecified atom stereocenters. The number of aliphatic carboxylic acids is 1. The van der Waals surface area contributed by atoms with Gasteiger partial charge in [-0.05, 0) is 18.2 Å². The molecular formula is C20H23NO5. The highest BCUT2D eigenvalue weighted by atomic mass is 16.5. The molecule has 26 heavy (non-hydrogen) atoms. The summed E-state index contributed by atoms with van der Waals surface area (Å²) in [7, 11) is 1.60. The highest BCUT2D eigenvalue weighted by Gasteiger charge is 2.57. The minimum absolute atomic E-state index is 0.139. The normalized spacial score (nSPS) is 24.6. The van der Waals surface area contributed by atoms with E-state index in [9.17, 15) is 9.90 Å². The van der Waals surface area contributed by atoms with Crippen molar-refractivity contribution in [3.05, 3.63) is 47.4 Å². The molecule has 4 rings (SSSR count). The van der Waals surface area contributed by atoms with Crippen LogP contribution < -0.4 is 9.47 Å². The monoisotopic (exact) mass is 357 g/mol. The van der Waals surface area contributed by atoms with E-state index in [-0.39, 0.29) is 12.5 Å². The van der Waals surface area contributed by atoms with Crippen LogP contribution >= 0.6 is 0 Å². The van der Waals surface area contributed by atoms with Crippen molar-refractivity contribution < 1.29 is 23.8 Å². The number of hydrogen-bond acceptors (Lipinski definition) is 5. The van der Waals surface area contributed by atoms with E-state index < -0.39 is 11.4 Å². The zero-order chi connectivity index (χ0) is 18.3. The number of para-hydroxylation sites is 1. The Labute approximate surface area is 152 Å². The number of fused-ring (bicyclic) bond motifs is 3. The molecule has 0 aliphatic carbocycles. The fourth-order valence-electron chi connectivity index (χ4n) is 4.19. The molecule has 2 atom stereocenters. The predicted octanol–water partition coefficient (Wildman–Crippen LogP) is 2.91. The van der Waals surface area contributed by atoms with Gasteiger partial charge in [-0.1, -0.05) is 19.1 Å². The van der Waals surface area contributed by atoms with E-state index in [2.05, 4.69) is 4.90 Å². The molecular weight excluding hydrogens is 334 g/mol. The fourth-order valence-corrected chi connectivity index (χ4v) is 4.19. The van der Waals surface area contributed by atoms with Crippen LogP contribution in [0.4, 0.5) is 0 Å². The summed E-state index contributed by atoms with van der Waals surface area (Å²) >= 11 is 0. The predicted molar refractivity (Wildman–Crippen MR) is 94.7 cm³/mol. The van der Waals surface area contributed by atoms with Gasteiger partial charge < -0.3 is 19.0 Å². The quantitative estimate of drug-likeness (QED) is 0.887. The molecule has 0 bridgehead atoms. The molecule has 0 amide bonds. The summed E-state index contributed by atoms with van der Waals surface area (Å²) in [6.07, 6.45) is 0.850. The van der Waals surface area contributed by atoms with Gasteiger partial charge in [-0.25, -0.2) is 0 Å². The summed E-state index contributed by atoms with van der Waals surface area (Å²) in [6, 6.07) is 9.64. The van der Waals surface area contributed by atoms with E-state index in [1.807, 2.05) is 37.3 Å². The molecule has 1 fully saturated rings.